The van der Waals surface area contributed by atoms with Crippen molar-refractivity contribution in [2.45, 2.75) is 6.92 Å². The molecule has 0 unspecified atom stereocenters. The lowest BCUT2D eigenvalue weighted by Crippen LogP contribution is -2.10. The predicted molar refractivity (Wildman–Crippen MR) is 89.6 cm³/mol. The molecular weight excluding hydrogens is 274 g/mol. The smallest absolute Gasteiger partial charge is 0.221 e. The Kier molecular flexibility index (Phi) is 5.37. The molecule has 22 heavy (non-hydrogen) atoms. The van der Waals surface area contributed by atoms with E-state index >= 15 is 0 Å². The quantitative estimate of drug-likeness (QED) is 0.527. The minimum absolute atomic E-state index is 0.0448. The van der Waals surface area contributed by atoms with Gasteiger partial charge in [0, 0.05) is 11.8 Å². The number of benzene rings is 1. The molecule has 1 N–H and O–H groups in total. The summed E-state index contributed by atoms with van der Waals surface area (Å²) in [5.74, 6) is 1.00. The molecule has 0 atom stereocenters. The van der Waals surface area contributed by atoms with Gasteiger partial charge in [0.05, 0.1) is 0 Å². The summed E-state index contributed by atoms with van der Waals surface area (Å²) in [5, 5.41) is 8.07. The Morgan fingerprint density at radius 3 is 2.64 bits per heavy atom. The molecule has 4 nitrogen and oxygen atoms in total. The number of nitrogens with zero attached hydrogens (tertiary/aromatic N) is 2. The molecule has 0 bridgehead atoms. The highest BCUT2D eigenvalue weighted by Gasteiger charge is 2.05. The fraction of sp³-hybridized carbons (Fsp3) is 0.0556. The number of aryl methyl sites for hydroxylation is 1. The van der Waals surface area contributed by atoms with E-state index in [2.05, 4.69) is 16.6 Å². The van der Waals surface area contributed by atoms with Crippen LogP contribution in [0.4, 0.5) is 0 Å². The molecule has 0 saturated heterocycles. The first-order valence-corrected chi connectivity index (χ1v) is 6.82. The van der Waals surface area contributed by atoms with Gasteiger partial charge in [-0.05, 0) is 31.2 Å². The van der Waals surface area contributed by atoms with Crippen LogP contribution in [-0.2, 0) is 0 Å². The molecule has 0 radical (unpaired) electrons. The molecule has 2 rings (SSSR count). The van der Waals surface area contributed by atoms with E-state index in [0.717, 1.165) is 5.69 Å². The van der Waals surface area contributed by atoms with Crippen LogP contribution in [-0.4, -0.2) is 16.7 Å². The number of pyridine rings is 1. The van der Waals surface area contributed by atoms with Gasteiger partial charge in [-0.3, -0.25) is 5.41 Å². The third-order valence-electron chi connectivity index (χ3n) is 2.69. The van der Waals surface area contributed by atoms with Gasteiger partial charge in [0.15, 0.2) is 5.84 Å². The molecule has 0 aliphatic heterocycles. The maximum Gasteiger partial charge on any atom is 0.221 e. The summed E-state index contributed by atoms with van der Waals surface area (Å²) >= 11 is 0. The fourth-order valence-corrected chi connectivity index (χ4v) is 1.70. The number of hydrogen-bond acceptors (Lipinski definition) is 3. The van der Waals surface area contributed by atoms with Crippen molar-refractivity contribution in [3.63, 3.8) is 0 Å². The summed E-state index contributed by atoms with van der Waals surface area (Å²) in [6.45, 7) is 5.50. The van der Waals surface area contributed by atoms with Gasteiger partial charge in [-0.25, -0.2) is 4.98 Å². The minimum Gasteiger partial charge on any atom is -0.439 e. The number of aliphatic imine (C=N–C) groups is 1. The van der Waals surface area contributed by atoms with Crippen LogP contribution in [0.3, 0.4) is 0 Å². The van der Waals surface area contributed by atoms with E-state index in [4.69, 9.17) is 10.1 Å². The summed E-state index contributed by atoms with van der Waals surface area (Å²) in [5.41, 5.74) is 1.34. The van der Waals surface area contributed by atoms with Crippen LogP contribution in [0.15, 0.2) is 78.3 Å². The van der Waals surface area contributed by atoms with Crippen molar-refractivity contribution in [1.29, 1.82) is 5.41 Å². The highest BCUT2D eigenvalue weighted by molar-refractivity contribution is 6.05. The third kappa shape index (κ3) is 4.52. The van der Waals surface area contributed by atoms with Crippen LogP contribution in [0.25, 0.3) is 0 Å². The Balaban J connectivity index is 2.26. The molecule has 0 aliphatic carbocycles. The lowest BCUT2D eigenvalue weighted by molar-refractivity contribution is 0.556. The highest BCUT2D eigenvalue weighted by Crippen LogP contribution is 2.10. The number of hydrogen-bond donors (Lipinski definition) is 1. The SMILES string of the molecule is C=C/C=C/C(=N\C(=N)c1cccc(C)n1)Oc1ccccc1. The Morgan fingerprint density at radius 1 is 1.18 bits per heavy atom. The lowest BCUT2D eigenvalue weighted by Gasteiger charge is -2.06. The average Bonchev–Trinajstić information content (AvgIpc) is 2.53. The zero-order valence-corrected chi connectivity index (χ0v) is 12.4. The van der Waals surface area contributed by atoms with E-state index in [-0.39, 0.29) is 5.84 Å². The maximum absolute atomic E-state index is 8.07. The summed E-state index contributed by atoms with van der Waals surface area (Å²) in [7, 11) is 0. The van der Waals surface area contributed by atoms with E-state index < -0.39 is 0 Å². The average molecular weight is 291 g/mol. The normalized spacial score (nSPS) is 11.4. The zero-order valence-electron chi connectivity index (χ0n) is 12.4. The van der Waals surface area contributed by atoms with E-state index in [9.17, 15) is 0 Å². The van der Waals surface area contributed by atoms with E-state index in [1.54, 1.807) is 24.3 Å². The molecule has 0 fully saturated rings. The van der Waals surface area contributed by atoms with Crippen molar-refractivity contribution in [3.8, 4) is 5.75 Å². The molecule has 0 amide bonds. The molecule has 1 heterocycles. The van der Waals surface area contributed by atoms with Crippen molar-refractivity contribution in [3.05, 3.63) is 84.7 Å². The largest absolute Gasteiger partial charge is 0.439 e. The van der Waals surface area contributed by atoms with E-state index in [1.165, 1.54) is 0 Å². The van der Waals surface area contributed by atoms with Crippen LogP contribution in [0.2, 0.25) is 0 Å². The Bertz CT molecular complexity index is 718. The van der Waals surface area contributed by atoms with Crippen LogP contribution in [0.1, 0.15) is 11.4 Å². The molecular formula is C18H17N3O. The van der Waals surface area contributed by atoms with Crippen LogP contribution in [0.5, 0.6) is 5.75 Å². The molecule has 0 spiro atoms. The molecule has 110 valence electrons. The Labute approximate surface area is 130 Å². The van der Waals surface area contributed by atoms with E-state index in [0.29, 0.717) is 17.3 Å². The minimum atomic E-state index is 0.0448. The number of amidine groups is 1. The van der Waals surface area contributed by atoms with Crippen molar-refractivity contribution in [2.24, 2.45) is 4.99 Å². The van der Waals surface area contributed by atoms with Gasteiger partial charge in [-0.15, -0.1) is 0 Å². The van der Waals surface area contributed by atoms with Crippen molar-refractivity contribution in [2.75, 3.05) is 0 Å². The Hall–Kier alpha value is -3.01. The zero-order chi connectivity index (χ0) is 15.8. The molecule has 2 aromatic rings. The summed E-state index contributed by atoms with van der Waals surface area (Å²) in [6.07, 6.45) is 4.99. The number of nitrogens with one attached hydrogen (secondary N) is 1. The first-order valence-electron chi connectivity index (χ1n) is 6.82. The van der Waals surface area contributed by atoms with Crippen molar-refractivity contribution >= 4 is 11.7 Å². The summed E-state index contributed by atoms with van der Waals surface area (Å²) in [4.78, 5) is 8.48. The van der Waals surface area contributed by atoms with Gasteiger partial charge in [-0.2, -0.15) is 4.99 Å². The molecule has 0 saturated carbocycles. The number of para-hydroxylation sites is 1. The van der Waals surface area contributed by atoms with Gasteiger partial charge in [0.1, 0.15) is 11.4 Å². The maximum atomic E-state index is 8.07. The third-order valence-corrected chi connectivity index (χ3v) is 2.69. The fourth-order valence-electron chi connectivity index (χ4n) is 1.70. The van der Waals surface area contributed by atoms with Gasteiger partial charge in [0.25, 0.3) is 0 Å². The molecule has 1 aromatic carbocycles. The van der Waals surface area contributed by atoms with Gasteiger partial charge in [0.2, 0.25) is 5.90 Å². The van der Waals surface area contributed by atoms with Crippen molar-refractivity contribution < 1.29 is 4.74 Å². The van der Waals surface area contributed by atoms with E-state index in [1.807, 2.05) is 49.4 Å². The predicted octanol–water partition coefficient (Wildman–Crippen LogP) is 3.94. The second-order valence-electron chi connectivity index (χ2n) is 4.47. The molecule has 4 heteroatoms. The second-order valence-corrected chi connectivity index (χ2v) is 4.47. The topological polar surface area (TPSA) is 58.3 Å². The highest BCUT2D eigenvalue weighted by atomic mass is 16.5. The number of aromatic nitrogens is 1. The first-order chi connectivity index (χ1) is 10.7. The standard InChI is InChI=1S/C18H17N3O/c1-3-4-13-17(22-15-10-6-5-7-11-15)21-18(19)16-12-8-9-14(2)20-16/h3-13,19H,1H2,2H3/b13-4+,19-18?,21-17+. The number of ether oxygens (including phenoxy) is 1. The molecule has 0 aliphatic rings. The summed E-state index contributed by atoms with van der Waals surface area (Å²) < 4.78 is 5.69. The second kappa shape index (κ2) is 7.69. The molecule has 1 aromatic heterocycles. The van der Waals surface area contributed by atoms with Gasteiger partial charge < -0.3 is 4.74 Å². The van der Waals surface area contributed by atoms with Crippen LogP contribution in [0, 0.1) is 12.3 Å². The van der Waals surface area contributed by atoms with Gasteiger partial charge >= 0.3 is 0 Å². The summed E-state index contributed by atoms with van der Waals surface area (Å²) in [6, 6.07) is 14.8. The first kappa shape index (κ1) is 15.4. The van der Waals surface area contributed by atoms with Gasteiger partial charge in [-0.1, -0.05) is 43.0 Å². The number of rotatable bonds is 4. The number of allylic oxidation sites excluding steroid dienone is 2. The van der Waals surface area contributed by atoms with Crippen molar-refractivity contribution in [1.82, 2.24) is 4.98 Å². The monoisotopic (exact) mass is 291 g/mol. The van der Waals surface area contributed by atoms with Crippen LogP contribution < -0.4 is 4.74 Å². The van der Waals surface area contributed by atoms with Crippen LogP contribution >= 0.6 is 0 Å². The lowest BCUT2D eigenvalue weighted by atomic mass is 10.3. The Morgan fingerprint density at radius 2 is 1.95 bits per heavy atom.